The summed E-state index contributed by atoms with van der Waals surface area (Å²) in [5, 5.41) is 0.816. The lowest BCUT2D eigenvalue weighted by molar-refractivity contribution is -0.137. The SMILES string of the molecule is CC1OCc2c1c(N)nc1ccc(C(=O)N(Cc3ccc(C(F)(F)F)cn3)[C@@H]3[C@@H]4COC[C@@H]43)cc21. The number of amides is 1. The van der Waals surface area contributed by atoms with Gasteiger partial charge in [-0.2, -0.15) is 13.2 Å². The van der Waals surface area contributed by atoms with Crippen LogP contribution in [0.5, 0.6) is 0 Å². The smallest absolute Gasteiger partial charge is 0.383 e. The third kappa shape index (κ3) is 3.71. The average Bonchev–Trinajstić information content (AvgIpc) is 3.12. The predicted octanol–water partition coefficient (Wildman–Crippen LogP) is 4.11. The summed E-state index contributed by atoms with van der Waals surface area (Å²) in [6, 6.07) is 7.59. The number of ether oxygens (including phenoxy) is 2. The van der Waals surface area contributed by atoms with E-state index in [1.807, 2.05) is 13.0 Å². The minimum atomic E-state index is -4.46. The number of aromatic nitrogens is 2. The molecule has 0 bridgehead atoms. The molecule has 35 heavy (non-hydrogen) atoms. The van der Waals surface area contributed by atoms with Crippen LogP contribution in [0.1, 0.15) is 45.8 Å². The molecule has 7 nitrogen and oxygen atoms in total. The normalized spacial score (nSPS) is 24.9. The predicted molar refractivity (Wildman–Crippen MR) is 120 cm³/mol. The fourth-order valence-corrected chi connectivity index (χ4v) is 5.41. The fraction of sp³-hybridized carbons (Fsp3) is 0.400. The second-order valence-electron chi connectivity index (χ2n) is 9.40. The first-order valence-electron chi connectivity index (χ1n) is 11.5. The van der Waals surface area contributed by atoms with Crippen molar-refractivity contribution in [1.82, 2.24) is 14.9 Å². The first kappa shape index (κ1) is 22.2. The number of pyridine rings is 2. The van der Waals surface area contributed by atoms with Crippen molar-refractivity contribution in [2.45, 2.75) is 38.4 Å². The standard InChI is InChI=1S/C25H23F3N4O3/c1-12-21-17(11-35-12)16-6-13(2-5-20(16)31-23(21)29)24(33)32(22-18-9-34-10-19(18)22)8-15-4-3-14(7-30-15)25(26,27)28/h2-7,12,18-19,22H,8-11H2,1H3,(H2,29,31)/t12?,18-,19+,22-. The summed E-state index contributed by atoms with van der Waals surface area (Å²) in [4.78, 5) is 24.0. The van der Waals surface area contributed by atoms with E-state index in [1.54, 1.807) is 17.0 Å². The average molecular weight is 484 g/mol. The molecular formula is C25H23F3N4O3. The minimum Gasteiger partial charge on any atom is -0.383 e. The number of halogens is 3. The molecule has 1 aliphatic carbocycles. The minimum absolute atomic E-state index is 0.0327. The van der Waals surface area contributed by atoms with E-state index in [4.69, 9.17) is 15.2 Å². The molecule has 0 spiro atoms. The molecule has 2 N–H and O–H groups in total. The third-order valence-electron chi connectivity index (χ3n) is 7.31. The lowest BCUT2D eigenvalue weighted by Crippen LogP contribution is -2.36. The molecule has 6 rings (SSSR count). The number of nitrogen functional groups attached to an aromatic ring is 1. The maximum Gasteiger partial charge on any atom is 0.417 e. The third-order valence-corrected chi connectivity index (χ3v) is 7.31. The van der Waals surface area contributed by atoms with Crippen LogP contribution in [0.2, 0.25) is 0 Å². The van der Waals surface area contributed by atoms with Crippen molar-refractivity contribution in [3.05, 3.63) is 64.5 Å². The Morgan fingerprint density at radius 1 is 1.20 bits per heavy atom. The number of carbonyl (C=O) groups is 1. The Bertz CT molecular complexity index is 1320. The van der Waals surface area contributed by atoms with Crippen molar-refractivity contribution in [2.24, 2.45) is 11.8 Å². The van der Waals surface area contributed by atoms with Gasteiger partial charge in [-0.3, -0.25) is 9.78 Å². The van der Waals surface area contributed by atoms with Crippen molar-refractivity contribution in [3.63, 3.8) is 0 Å². The molecule has 4 atom stereocenters. The Labute approximate surface area is 199 Å². The Balaban J connectivity index is 1.34. The van der Waals surface area contributed by atoms with Gasteiger partial charge in [-0.25, -0.2) is 4.98 Å². The number of carbonyl (C=O) groups excluding carboxylic acids is 1. The van der Waals surface area contributed by atoms with Crippen molar-refractivity contribution in [1.29, 1.82) is 0 Å². The van der Waals surface area contributed by atoms with E-state index < -0.39 is 11.7 Å². The monoisotopic (exact) mass is 484 g/mol. The number of anilines is 1. The summed E-state index contributed by atoms with van der Waals surface area (Å²) < 4.78 is 50.1. The number of hydrogen-bond donors (Lipinski definition) is 1. The summed E-state index contributed by atoms with van der Waals surface area (Å²) in [6.45, 7) is 3.56. The molecule has 3 aromatic rings. The maximum absolute atomic E-state index is 13.8. The highest BCUT2D eigenvalue weighted by Crippen LogP contribution is 2.49. The van der Waals surface area contributed by atoms with Crippen molar-refractivity contribution < 1.29 is 27.4 Å². The van der Waals surface area contributed by atoms with Crippen LogP contribution in [0, 0.1) is 11.8 Å². The fourth-order valence-electron chi connectivity index (χ4n) is 5.41. The number of rotatable bonds is 4. The molecule has 1 saturated heterocycles. The maximum atomic E-state index is 13.8. The van der Waals surface area contributed by atoms with Gasteiger partial charge < -0.3 is 20.1 Å². The van der Waals surface area contributed by atoms with Gasteiger partial charge in [0.25, 0.3) is 5.91 Å². The van der Waals surface area contributed by atoms with Gasteiger partial charge in [0.2, 0.25) is 0 Å². The number of nitrogens with zero attached hydrogens (tertiary/aromatic N) is 3. The zero-order chi connectivity index (χ0) is 24.5. The molecular weight excluding hydrogens is 461 g/mol. The number of alkyl halides is 3. The molecule has 2 fully saturated rings. The highest BCUT2D eigenvalue weighted by atomic mass is 19.4. The summed E-state index contributed by atoms with van der Waals surface area (Å²) in [7, 11) is 0. The molecule has 1 saturated carbocycles. The van der Waals surface area contributed by atoms with Gasteiger partial charge in [0, 0.05) is 40.6 Å². The first-order chi connectivity index (χ1) is 16.7. The van der Waals surface area contributed by atoms with E-state index in [9.17, 15) is 18.0 Å². The van der Waals surface area contributed by atoms with E-state index >= 15 is 0 Å². The summed E-state index contributed by atoms with van der Waals surface area (Å²) in [5.41, 5.74) is 8.66. The number of fused-ring (bicyclic) bond motifs is 4. The Morgan fingerprint density at radius 3 is 2.66 bits per heavy atom. The number of benzene rings is 1. The molecule has 0 radical (unpaired) electrons. The van der Waals surface area contributed by atoms with Gasteiger partial charge in [-0.15, -0.1) is 0 Å². The summed E-state index contributed by atoms with van der Waals surface area (Å²) >= 11 is 0. The second kappa shape index (κ2) is 7.89. The van der Waals surface area contributed by atoms with Crippen LogP contribution in [0.25, 0.3) is 10.9 Å². The Hall–Kier alpha value is -3.24. The zero-order valence-electron chi connectivity index (χ0n) is 18.9. The van der Waals surface area contributed by atoms with Crippen molar-refractivity contribution in [2.75, 3.05) is 18.9 Å². The van der Waals surface area contributed by atoms with E-state index in [1.165, 1.54) is 6.07 Å². The van der Waals surface area contributed by atoms with E-state index in [0.29, 0.717) is 42.4 Å². The van der Waals surface area contributed by atoms with Crippen LogP contribution in [0.4, 0.5) is 19.0 Å². The molecule has 3 aliphatic rings. The van der Waals surface area contributed by atoms with E-state index in [2.05, 4.69) is 9.97 Å². The van der Waals surface area contributed by atoms with E-state index in [-0.39, 0.29) is 36.4 Å². The van der Waals surface area contributed by atoms with Gasteiger partial charge in [0.1, 0.15) is 5.82 Å². The van der Waals surface area contributed by atoms with Gasteiger partial charge in [0.05, 0.1) is 49.2 Å². The van der Waals surface area contributed by atoms with Crippen LogP contribution in [-0.4, -0.2) is 40.0 Å². The first-order valence-corrected chi connectivity index (χ1v) is 11.5. The van der Waals surface area contributed by atoms with Crippen LogP contribution in [0.3, 0.4) is 0 Å². The molecule has 1 unspecified atom stereocenters. The quantitative estimate of drug-likeness (QED) is 0.600. The Kier molecular flexibility index (Phi) is 5.01. The van der Waals surface area contributed by atoms with Gasteiger partial charge >= 0.3 is 6.18 Å². The molecule has 10 heteroatoms. The topological polar surface area (TPSA) is 90.6 Å². The van der Waals surface area contributed by atoms with Crippen LogP contribution in [-0.2, 0) is 28.8 Å². The second-order valence-corrected chi connectivity index (χ2v) is 9.40. The zero-order valence-corrected chi connectivity index (χ0v) is 18.9. The molecule has 1 amide bonds. The molecule has 1 aromatic carbocycles. The van der Waals surface area contributed by atoms with Gasteiger partial charge in [0.15, 0.2) is 0 Å². The lowest BCUT2D eigenvalue weighted by Gasteiger charge is -2.25. The molecule has 2 aromatic heterocycles. The summed E-state index contributed by atoms with van der Waals surface area (Å²) in [5.74, 6) is 0.686. The van der Waals surface area contributed by atoms with Gasteiger partial charge in [-0.05, 0) is 42.8 Å². The molecule has 2 aliphatic heterocycles. The Morgan fingerprint density at radius 2 is 1.97 bits per heavy atom. The highest BCUT2D eigenvalue weighted by Gasteiger charge is 2.58. The van der Waals surface area contributed by atoms with Gasteiger partial charge in [-0.1, -0.05) is 0 Å². The number of hydrogen-bond acceptors (Lipinski definition) is 6. The molecule has 4 heterocycles. The summed E-state index contributed by atoms with van der Waals surface area (Å²) in [6.07, 6.45) is -3.82. The number of nitrogens with two attached hydrogens (primary N) is 1. The van der Waals surface area contributed by atoms with Crippen LogP contribution < -0.4 is 5.73 Å². The van der Waals surface area contributed by atoms with Crippen LogP contribution in [0.15, 0.2) is 36.5 Å². The molecule has 182 valence electrons. The van der Waals surface area contributed by atoms with E-state index in [0.717, 1.165) is 28.8 Å². The van der Waals surface area contributed by atoms with Crippen molar-refractivity contribution >= 4 is 22.6 Å². The highest BCUT2D eigenvalue weighted by molar-refractivity contribution is 5.99. The van der Waals surface area contributed by atoms with Crippen LogP contribution >= 0.6 is 0 Å². The largest absolute Gasteiger partial charge is 0.417 e. The lowest BCUT2D eigenvalue weighted by atomic mass is 10.00. The van der Waals surface area contributed by atoms with Crippen molar-refractivity contribution in [3.8, 4) is 0 Å².